The first-order valence-corrected chi connectivity index (χ1v) is 7.96. The minimum Gasteiger partial charge on any atom is -0.311 e. The Hall–Kier alpha value is -1.32. The van der Waals surface area contributed by atoms with Gasteiger partial charge in [-0.2, -0.15) is 5.10 Å². The summed E-state index contributed by atoms with van der Waals surface area (Å²) in [7, 11) is 0. The fraction of sp³-hybridized carbons (Fsp3) is 0.765. The van der Waals surface area contributed by atoms with Crippen LogP contribution in [0.15, 0.2) is 6.07 Å². The van der Waals surface area contributed by atoms with E-state index >= 15 is 0 Å². The summed E-state index contributed by atoms with van der Waals surface area (Å²) in [5, 5.41) is 7.73. The number of unbranched alkanes of at least 4 members (excludes halogenated alkanes) is 2. The number of aromatic nitrogens is 2. The standard InChI is InChI=1S/C17H31N3O/c1-8-9-10-11-15(21)18-14-12-13(16(2,3)4)19-20(14)17(5,6)7/h12H,8-11H2,1-7H3,(H,18,21). The molecule has 1 aromatic rings. The first-order chi connectivity index (χ1) is 9.55. The van der Waals surface area contributed by atoms with Gasteiger partial charge in [0, 0.05) is 17.9 Å². The highest BCUT2D eigenvalue weighted by Gasteiger charge is 2.25. The van der Waals surface area contributed by atoms with Gasteiger partial charge < -0.3 is 5.32 Å². The van der Waals surface area contributed by atoms with E-state index in [0.29, 0.717) is 6.42 Å². The topological polar surface area (TPSA) is 46.9 Å². The first-order valence-electron chi connectivity index (χ1n) is 7.96. The van der Waals surface area contributed by atoms with Gasteiger partial charge in [-0.15, -0.1) is 0 Å². The number of carbonyl (C=O) groups excluding carboxylic acids is 1. The minimum atomic E-state index is -0.157. The Morgan fingerprint density at radius 2 is 1.81 bits per heavy atom. The van der Waals surface area contributed by atoms with Crippen LogP contribution in [0.25, 0.3) is 0 Å². The van der Waals surface area contributed by atoms with Crippen molar-refractivity contribution in [2.45, 2.75) is 85.1 Å². The quantitative estimate of drug-likeness (QED) is 0.815. The van der Waals surface area contributed by atoms with Crippen molar-refractivity contribution in [2.75, 3.05) is 5.32 Å². The fourth-order valence-electron chi connectivity index (χ4n) is 2.09. The molecule has 0 bridgehead atoms. The zero-order chi connectivity index (χ0) is 16.3. The number of rotatable bonds is 5. The Kier molecular flexibility index (Phi) is 5.60. The van der Waals surface area contributed by atoms with Crippen LogP contribution >= 0.6 is 0 Å². The van der Waals surface area contributed by atoms with E-state index in [9.17, 15) is 4.79 Å². The SMILES string of the molecule is CCCCCC(=O)Nc1cc(C(C)(C)C)nn1C(C)(C)C. The number of nitrogens with one attached hydrogen (secondary N) is 1. The monoisotopic (exact) mass is 293 g/mol. The van der Waals surface area contributed by atoms with E-state index in [0.717, 1.165) is 30.8 Å². The summed E-state index contributed by atoms with van der Waals surface area (Å²) < 4.78 is 1.92. The van der Waals surface area contributed by atoms with Crippen LogP contribution in [0.4, 0.5) is 5.82 Å². The molecule has 1 rings (SSSR count). The number of anilines is 1. The lowest BCUT2D eigenvalue weighted by Gasteiger charge is -2.23. The lowest BCUT2D eigenvalue weighted by Crippen LogP contribution is -2.27. The van der Waals surface area contributed by atoms with Crippen LogP contribution in [0, 0.1) is 0 Å². The largest absolute Gasteiger partial charge is 0.311 e. The number of hydrogen-bond donors (Lipinski definition) is 1. The summed E-state index contributed by atoms with van der Waals surface area (Å²) in [4.78, 5) is 12.1. The minimum absolute atomic E-state index is 0.0296. The molecule has 0 spiro atoms. The summed E-state index contributed by atoms with van der Waals surface area (Å²) in [5.41, 5.74) is 0.814. The number of hydrogen-bond acceptors (Lipinski definition) is 2. The third kappa shape index (κ3) is 5.18. The van der Waals surface area contributed by atoms with E-state index in [2.05, 4.69) is 53.8 Å². The van der Waals surface area contributed by atoms with Crippen molar-refractivity contribution in [1.82, 2.24) is 9.78 Å². The average Bonchev–Trinajstić information content (AvgIpc) is 2.72. The van der Waals surface area contributed by atoms with Crippen LogP contribution in [0.1, 0.15) is 79.8 Å². The Bertz CT molecular complexity index is 475. The van der Waals surface area contributed by atoms with Gasteiger partial charge in [0.15, 0.2) is 0 Å². The van der Waals surface area contributed by atoms with E-state index in [1.165, 1.54) is 0 Å². The van der Waals surface area contributed by atoms with Crippen molar-refractivity contribution in [3.63, 3.8) is 0 Å². The molecule has 1 heterocycles. The maximum absolute atomic E-state index is 12.1. The van der Waals surface area contributed by atoms with E-state index in [-0.39, 0.29) is 16.9 Å². The van der Waals surface area contributed by atoms with Gasteiger partial charge in [-0.1, -0.05) is 40.5 Å². The molecule has 0 aromatic carbocycles. The van der Waals surface area contributed by atoms with E-state index in [4.69, 9.17) is 5.10 Å². The van der Waals surface area contributed by atoms with Crippen LogP contribution in [0.2, 0.25) is 0 Å². The Morgan fingerprint density at radius 3 is 2.29 bits per heavy atom. The van der Waals surface area contributed by atoms with Crippen molar-refractivity contribution < 1.29 is 4.79 Å². The summed E-state index contributed by atoms with van der Waals surface area (Å²) in [6.07, 6.45) is 3.74. The van der Waals surface area contributed by atoms with Gasteiger partial charge in [0.05, 0.1) is 11.2 Å². The maximum atomic E-state index is 12.1. The van der Waals surface area contributed by atoms with Gasteiger partial charge in [-0.3, -0.25) is 4.79 Å². The summed E-state index contributed by atoms with van der Waals surface area (Å²) in [5.74, 6) is 0.878. The Balaban J connectivity index is 2.94. The lowest BCUT2D eigenvalue weighted by molar-refractivity contribution is -0.116. The average molecular weight is 293 g/mol. The fourth-order valence-corrected chi connectivity index (χ4v) is 2.09. The third-order valence-corrected chi connectivity index (χ3v) is 3.39. The molecule has 1 aromatic heterocycles. The predicted octanol–water partition coefficient (Wildman–Crippen LogP) is 4.45. The molecule has 0 aliphatic heterocycles. The normalized spacial score (nSPS) is 12.5. The molecular weight excluding hydrogens is 262 g/mol. The van der Waals surface area contributed by atoms with Gasteiger partial charge in [-0.05, 0) is 27.2 Å². The van der Waals surface area contributed by atoms with Crippen LogP contribution in [0.5, 0.6) is 0 Å². The second-order valence-corrected chi connectivity index (χ2v) is 7.75. The highest BCUT2D eigenvalue weighted by atomic mass is 16.1. The van der Waals surface area contributed by atoms with Crippen molar-refractivity contribution >= 4 is 11.7 Å². The maximum Gasteiger partial charge on any atom is 0.225 e. The molecule has 0 atom stereocenters. The lowest BCUT2D eigenvalue weighted by atomic mass is 9.92. The van der Waals surface area contributed by atoms with Crippen molar-refractivity contribution in [3.8, 4) is 0 Å². The van der Waals surface area contributed by atoms with Crippen LogP contribution < -0.4 is 5.32 Å². The van der Waals surface area contributed by atoms with Crippen LogP contribution in [-0.2, 0) is 15.7 Å². The summed E-state index contributed by atoms with van der Waals surface area (Å²) in [6, 6.07) is 2.00. The number of carbonyl (C=O) groups is 1. The molecule has 1 N–H and O–H groups in total. The highest BCUT2D eigenvalue weighted by Crippen LogP contribution is 2.28. The summed E-state index contributed by atoms with van der Waals surface area (Å²) in [6.45, 7) is 14.8. The Morgan fingerprint density at radius 1 is 1.19 bits per heavy atom. The Labute approximate surface area is 129 Å². The molecule has 4 nitrogen and oxygen atoms in total. The molecule has 4 heteroatoms. The molecule has 120 valence electrons. The third-order valence-electron chi connectivity index (χ3n) is 3.39. The highest BCUT2D eigenvalue weighted by molar-refractivity contribution is 5.89. The molecule has 0 aliphatic rings. The number of nitrogens with zero attached hydrogens (tertiary/aromatic N) is 2. The molecular formula is C17H31N3O. The smallest absolute Gasteiger partial charge is 0.225 e. The molecule has 0 fully saturated rings. The van der Waals surface area contributed by atoms with E-state index < -0.39 is 0 Å². The van der Waals surface area contributed by atoms with Crippen LogP contribution in [0.3, 0.4) is 0 Å². The van der Waals surface area contributed by atoms with Crippen molar-refractivity contribution in [3.05, 3.63) is 11.8 Å². The van der Waals surface area contributed by atoms with E-state index in [1.54, 1.807) is 0 Å². The van der Waals surface area contributed by atoms with Gasteiger partial charge in [-0.25, -0.2) is 4.68 Å². The number of amides is 1. The predicted molar refractivity (Wildman–Crippen MR) is 88.7 cm³/mol. The zero-order valence-electron chi connectivity index (χ0n) is 14.7. The van der Waals surface area contributed by atoms with Gasteiger partial charge in [0.2, 0.25) is 5.91 Å². The van der Waals surface area contributed by atoms with Crippen molar-refractivity contribution in [2.24, 2.45) is 0 Å². The second kappa shape index (κ2) is 6.63. The molecule has 1 amide bonds. The van der Waals surface area contributed by atoms with Gasteiger partial charge in [0.1, 0.15) is 5.82 Å². The molecule has 0 radical (unpaired) electrons. The zero-order valence-corrected chi connectivity index (χ0v) is 14.7. The van der Waals surface area contributed by atoms with Crippen LogP contribution in [-0.4, -0.2) is 15.7 Å². The molecule has 0 saturated heterocycles. The van der Waals surface area contributed by atoms with E-state index in [1.807, 2.05) is 10.7 Å². The van der Waals surface area contributed by atoms with Crippen molar-refractivity contribution in [1.29, 1.82) is 0 Å². The van der Waals surface area contributed by atoms with Gasteiger partial charge >= 0.3 is 0 Å². The summed E-state index contributed by atoms with van der Waals surface area (Å²) >= 11 is 0. The van der Waals surface area contributed by atoms with Gasteiger partial charge in [0.25, 0.3) is 0 Å². The second-order valence-electron chi connectivity index (χ2n) is 7.75. The molecule has 0 saturated carbocycles. The first kappa shape index (κ1) is 17.7. The molecule has 21 heavy (non-hydrogen) atoms. The molecule has 0 unspecified atom stereocenters. The molecule has 0 aliphatic carbocycles.